The quantitative estimate of drug-likeness (QED) is 0.570. The Morgan fingerprint density at radius 2 is 2.14 bits per heavy atom. The van der Waals surface area contributed by atoms with Crippen LogP contribution in [-0.2, 0) is 4.74 Å². The SMILES string of the molecule is CCCOC(=O)c1cc(O)ccc1O. The highest BCUT2D eigenvalue weighted by Crippen LogP contribution is 2.22. The van der Waals surface area contributed by atoms with E-state index in [4.69, 9.17) is 9.84 Å². The zero-order chi connectivity index (χ0) is 10.6. The number of benzene rings is 1. The van der Waals surface area contributed by atoms with E-state index < -0.39 is 5.97 Å². The minimum absolute atomic E-state index is 0.0153. The largest absolute Gasteiger partial charge is 0.508 e. The summed E-state index contributed by atoms with van der Waals surface area (Å²) in [5, 5.41) is 18.4. The van der Waals surface area contributed by atoms with Crippen LogP contribution in [0.2, 0.25) is 0 Å². The van der Waals surface area contributed by atoms with Crippen molar-refractivity contribution in [3.63, 3.8) is 0 Å². The molecule has 4 nitrogen and oxygen atoms in total. The number of hydrogen-bond donors (Lipinski definition) is 2. The first-order chi connectivity index (χ1) is 6.65. The summed E-state index contributed by atoms with van der Waals surface area (Å²) in [6.07, 6.45) is 0.714. The third kappa shape index (κ3) is 2.39. The molecule has 1 aromatic carbocycles. The number of rotatable bonds is 3. The molecule has 2 N–H and O–H groups in total. The van der Waals surface area contributed by atoms with Crippen LogP contribution in [-0.4, -0.2) is 22.8 Å². The molecule has 0 saturated heterocycles. The standard InChI is InChI=1S/C10H12O4/c1-2-5-14-10(13)8-6-7(11)3-4-9(8)12/h3-4,6,11-12H,2,5H2,1H3. The highest BCUT2D eigenvalue weighted by Gasteiger charge is 2.12. The zero-order valence-electron chi connectivity index (χ0n) is 7.86. The molecule has 0 bridgehead atoms. The van der Waals surface area contributed by atoms with Gasteiger partial charge in [-0.1, -0.05) is 6.92 Å². The molecule has 1 aromatic rings. The predicted octanol–water partition coefficient (Wildman–Crippen LogP) is 1.66. The van der Waals surface area contributed by atoms with E-state index in [0.717, 1.165) is 0 Å². The average molecular weight is 196 g/mol. The van der Waals surface area contributed by atoms with E-state index in [2.05, 4.69) is 0 Å². The van der Waals surface area contributed by atoms with Gasteiger partial charge in [0, 0.05) is 0 Å². The van der Waals surface area contributed by atoms with Crippen LogP contribution in [0.1, 0.15) is 23.7 Å². The molecule has 0 spiro atoms. The Hall–Kier alpha value is -1.71. The number of ether oxygens (including phenoxy) is 1. The van der Waals surface area contributed by atoms with Crippen LogP contribution < -0.4 is 0 Å². The molecule has 0 radical (unpaired) electrons. The van der Waals surface area contributed by atoms with Crippen LogP contribution in [0.15, 0.2) is 18.2 Å². The van der Waals surface area contributed by atoms with Crippen LogP contribution in [0, 0.1) is 0 Å². The third-order valence-electron chi connectivity index (χ3n) is 1.64. The van der Waals surface area contributed by atoms with E-state index in [1.807, 2.05) is 6.92 Å². The number of carbonyl (C=O) groups excluding carboxylic acids is 1. The molecular weight excluding hydrogens is 184 g/mol. The fourth-order valence-electron chi connectivity index (χ4n) is 0.960. The zero-order valence-corrected chi connectivity index (χ0v) is 7.86. The van der Waals surface area contributed by atoms with Crippen molar-refractivity contribution in [2.75, 3.05) is 6.61 Å². The summed E-state index contributed by atoms with van der Waals surface area (Å²) < 4.78 is 4.80. The lowest BCUT2D eigenvalue weighted by Gasteiger charge is -2.05. The van der Waals surface area contributed by atoms with Crippen LogP contribution in [0.4, 0.5) is 0 Å². The molecule has 0 aliphatic carbocycles. The lowest BCUT2D eigenvalue weighted by atomic mass is 10.2. The highest BCUT2D eigenvalue weighted by molar-refractivity contribution is 5.92. The van der Waals surface area contributed by atoms with Crippen LogP contribution in [0.25, 0.3) is 0 Å². The Morgan fingerprint density at radius 3 is 2.79 bits per heavy atom. The van der Waals surface area contributed by atoms with Gasteiger partial charge >= 0.3 is 5.97 Å². The summed E-state index contributed by atoms with van der Waals surface area (Å²) in [6, 6.07) is 3.72. The van der Waals surface area contributed by atoms with Gasteiger partial charge in [0.25, 0.3) is 0 Å². The van der Waals surface area contributed by atoms with E-state index >= 15 is 0 Å². The molecule has 0 fully saturated rings. The molecule has 0 heterocycles. The molecule has 0 atom stereocenters. The van der Waals surface area contributed by atoms with Crippen LogP contribution in [0.3, 0.4) is 0 Å². The minimum atomic E-state index is -0.625. The normalized spacial score (nSPS) is 9.79. The van der Waals surface area contributed by atoms with E-state index in [1.54, 1.807) is 0 Å². The number of hydrogen-bond acceptors (Lipinski definition) is 4. The molecule has 14 heavy (non-hydrogen) atoms. The van der Waals surface area contributed by atoms with Gasteiger partial charge in [-0.3, -0.25) is 0 Å². The topological polar surface area (TPSA) is 66.8 Å². The van der Waals surface area contributed by atoms with Crippen LogP contribution >= 0.6 is 0 Å². The second-order valence-electron chi connectivity index (χ2n) is 2.84. The van der Waals surface area contributed by atoms with Gasteiger partial charge in [-0.2, -0.15) is 0 Å². The number of esters is 1. The number of carbonyl (C=O) groups is 1. The van der Waals surface area contributed by atoms with Gasteiger partial charge in [-0.25, -0.2) is 4.79 Å². The Kier molecular flexibility index (Phi) is 3.34. The van der Waals surface area contributed by atoms with Crippen molar-refractivity contribution in [3.05, 3.63) is 23.8 Å². The Labute approximate surface area is 81.8 Å². The van der Waals surface area contributed by atoms with Gasteiger partial charge in [-0.15, -0.1) is 0 Å². The van der Waals surface area contributed by atoms with Gasteiger partial charge in [0.15, 0.2) is 0 Å². The predicted molar refractivity (Wildman–Crippen MR) is 50.3 cm³/mol. The molecule has 0 saturated carbocycles. The minimum Gasteiger partial charge on any atom is -0.508 e. The van der Waals surface area contributed by atoms with E-state index in [1.165, 1.54) is 18.2 Å². The van der Waals surface area contributed by atoms with Crippen molar-refractivity contribution in [3.8, 4) is 11.5 Å². The van der Waals surface area contributed by atoms with Crippen molar-refractivity contribution >= 4 is 5.97 Å². The first kappa shape index (κ1) is 10.4. The fraction of sp³-hybridized carbons (Fsp3) is 0.300. The van der Waals surface area contributed by atoms with Gasteiger partial charge in [0.2, 0.25) is 0 Å². The molecule has 1 rings (SSSR count). The number of aromatic hydroxyl groups is 2. The smallest absolute Gasteiger partial charge is 0.342 e. The number of phenolic OH excluding ortho intramolecular Hbond substituents is 2. The lowest BCUT2D eigenvalue weighted by Crippen LogP contribution is -2.05. The summed E-state index contributed by atoms with van der Waals surface area (Å²) in [4.78, 5) is 11.3. The number of phenols is 2. The van der Waals surface area contributed by atoms with Crippen molar-refractivity contribution < 1.29 is 19.7 Å². The molecule has 76 valence electrons. The second-order valence-corrected chi connectivity index (χ2v) is 2.84. The third-order valence-corrected chi connectivity index (χ3v) is 1.64. The Bertz CT molecular complexity index is 333. The molecule has 0 aliphatic heterocycles. The molecule has 0 unspecified atom stereocenters. The fourth-order valence-corrected chi connectivity index (χ4v) is 0.960. The summed E-state index contributed by atoms with van der Waals surface area (Å²) >= 11 is 0. The van der Waals surface area contributed by atoms with Crippen molar-refractivity contribution in [1.29, 1.82) is 0 Å². The Balaban J connectivity index is 2.83. The van der Waals surface area contributed by atoms with Gasteiger partial charge in [0.05, 0.1) is 6.61 Å². The molecule has 0 amide bonds. The van der Waals surface area contributed by atoms with Crippen molar-refractivity contribution in [1.82, 2.24) is 0 Å². The Morgan fingerprint density at radius 1 is 1.43 bits per heavy atom. The lowest BCUT2D eigenvalue weighted by molar-refractivity contribution is 0.0501. The molecular formula is C10H12O4. The maximum absolute atomic E-state index is 11.3. The van der Waals surface area contributed by atoms with Gasteiger partial charge in [0.1, 0.15) is 17.1 Å². The van der Waals surface area contributed by atoms with E-state index in [0.29, 0.717) is 13.0 Å². The van der Waals surface area contributed by atoms with E-state index in [9.17, 15) is 9.90 Å². The first-order valence-electron chi connectivity index (χ1n) is 4.34. The summed E-state index contributed by atoms with van der Waals surface area (Å²) in [6.45, 7) is 2.17. The van der Waals surface area contributed by atoms with Gasteiger partial charge in [-0.05, 0) is 24.6 Å². The van der Waals surface area contributed by atoms with E-state index in [-0.39, 0.29) is 17.1 Å². The van der Waals surface area contributed by atoms with Crippen LogP contribution in [0.5, 0.6) is 11.5 Å². The second kappa shape index (κ2) is 4.50. The first-order valence-corrected chi connectivity index (χ1v) is 4.34. The average Bonchev–Trinajstić information content (AvgIpc) is 2.18. The summed E-state index contributed by atoms with van der Waals surface area (Å²) in [5.41, 5.74) is -0.0153. The monoisotopic (exact) mass is 196 g/mol. The van der Waals surface area contributed by atoms with Gasteiger partial charge < -0.3 is 14.9 Å². The maximum atomic E-state index is 11.3. The summed E-state index contributed by atoms with van der Waals surface area (Å²) in [7, 11) is 0. The van der Waals surface area contributed by atoms with Crippen molar-refractivity contribution in [2.45, 2.75) is 13.3 Å². The molecule has 0 aliphatic rings. The summed E-state index contributed by atoms with van der Waals surface area (Å²) in [5.74, 6) is -0.893. The maximum Gasteiger partial charge on any atom is 0.342 e. The highest BCUT2D eigenvalue weighted by atomic mass is 16.5. The van der Waals surface area contributed by atoms with Crippen molar-refractivity contribution in [2.24, 2.45) is 0 Å². The molecule has 0 aromatic heterocycles. The molecule has 4 heteroatoms.